The summed E-state index contributed by atoms with van der Waals surface area (Å²) < 4.78 is 0. The van der Waals surface area contributed by atoms with E-state index in [1.54, 1.807) is 0 Å². The Bertz CT molecular complexity index is 327. The molecule has 1 saturated carbocycles. The lowest BCUT2D eigenvalue weighted by Crippen LogP contribution is -2.42. The third kappa shape index (κ3) is 2.64. The van der Waals surface area contributed by atoms with E-state index in [2.05, 4.69) is 5.32 Å². The molecule has 15 heavy (non-hydrogen) atoms. The summed E-state index contributed by atoms with van der Waals surface area (Å²) in [5.41, 5.74) is 7.07. The van der Waals surface area contributed by atoms with Crippen molar-refractivity contribution in [1.82, 2.24) is 0 Å². The molecule has 82 valence electrons. The molecule has 0 aromatic heterocycles. The van der Waals surface area contributed by atoms with E-state index >= 15 is 0 Å². The SMILES string of the molecule is N[C@H]1CCCC[C@H]1Nc1ccccc1Cl. The van der Waals surface area contributed by atoms with Gasteiger partial charge in [0.05, 0.1) is 10.7 Å². The minimum Gasteiger partial charge on any atom is -0.380 e. The highest BCUT2D eigenvalue weighted by Gasteiger charge is 2.21. The maximum Gasteiger partial charge on any atom is 0.0637 e. The van der Waals surface area contributed by atoms with Crippen molar-refractivity contribution in [3.63, 3.8) is 0 Å². The van der Waals surface area contributed by atoms with Gasteiger partial charge < -0.3 is 11.1 Å². The summed E-state index contributed by atoms with van der Waals surface area (Å²) in [6, 6.07) is 8.47. The molecule has 0 aliphatic heterocycles. The fourth-order valence-corrected chi connectivity index (χ4v) is 2.31. The first-order valence-corrected chi connectivity index (χ1v) is 5.92. The number of benzene rings is 1. The average molecular weight is 225 g/mol. The molecule has 3 heteroatoms. The maximum absolute atomic E-state index is 6.09. The van der Waals surface area contributed by atoms with E-state index in [4.69, 9.17) is 17.3 Å². The fourth-order valence-electron chi connectivity index (χ4n) is 2.12. The maximum atomic E-state index is 6.09. The molecule has 0 heterocycles. The summed E-state index contributed by atoms with van der Waals surface area (Å²) >= 11 is 6.09. The van der Waals surface area contributed by atoms with Crippen LogP contribution in [0, 0.1) is 0 Å². The van der Waals surface area contributed by atoms with Gasteiger partial charge in [-0.3, -0.25) is 0 Å². The number of halogens is 1. The quantitative estimate of drug-likeness (QED) is 0.811. The Hall–Kier alpha value is -0.730. The Labute approximate surface area is 95.8 Å². The Morgan fingerprint density at radius 2 is 1.93 bits per heavy atom. The van der Waals surface area contributed by atoms with Crippen LogP contribution >= 0.6 is 11.6 Å². The summed E-state index contributed by atoms with van der Waals surface area (Å²) in [5.74, 6) is 0. The van der Waals surface area contributed by atoms with Crippen molar-refractivity contribution >= 4 is 17.3 Å². The van der Waals surface area contributed by atoms with Crippen LogP contribution in [0.4, 0.5) is 5.69 Å². The largest absolute Gasteiger partial charge is 0.380 e. The van der Waals surface area contributed by atoms with E-state index in [0.717, 1.165) is 23.6 Å². The highest BCUT2D eigenvalue weighted by atomic mass is 35.5. The standard InChI is InChI=1S/C12H17ClN2/c13-9-5-1-3-7-11(9)15-12-8-4-2-6-10(12)14/h1,3,5,7,10,12,15H,2,4,6,8,14H2/t10-,12+/m0/s1. The van der Waals surface area contributed by atoms with Crippen molar-refractivity contribution in [2.45, 2.75) is 37.8 Å². The van der Waals surface area contributed by atoms with Crippen molar-refractivity contribution in [3.05, 3.63) is 29.3 Å². The van der Waals surface area contributed by atoms with Crippen LogP contribution < -0.4 is 11.1 Å². The molecule has 0 unspecified atom stereocenters. The van der Waals surface area contributed by atoms with Gasteiger partial charge in [-0.2, -0.15) is 0 Å². The predicted octanol–water partition coefficient (Wildman–Crippen LogP) is 3.02. The molecule has 0 radical (unpaired) electrons. The van der Waals surface area contributed by atoms with Gasteiger partial charge in [0.1, 0.15) is 0 Å². The van der Waals surface area contributed by atoms with Crippen LogP contribution in [0.2, 0.25) is 5.02 Å². The number of hydrogen-bond donors (Lipinski definition) is 2. The van der Waals surface area contributed by atoms with Crippen molar-refractivity contribution in [3.8, 4) is 0 Å². The molecule has 0 amide bonds. The lowest BCUT2D eigenvalue weighted by molar-refractivity contribution is 0.404. The molecule has 0 bridgehead atoms. The second-order valence-electron chi connectivity index (χ2n) is 4.18. The van der Waals surface area contributed by atoms with E-state index in [9.17, 15) is 0 Å². The van der Waals surface area contributed by atoms with Crippen LogP contribution in [0.15, 0.2) is 24.3 Å². The van der Waals surface area contributed by atoms with Gasteiger partial charge in [-0.15, -0.1) is 0 Å². The molecule has 3 N–H and O–H groups in total. The molecule has 2 rings (SSSR count). The molecule has 2 nitrogen and oxygen atoms in total. The van der Waals surface area contributed by atoms with Gasteiger partial charge >= 0.3 is 0 Å². The van der Waals surface area contributed by atoms with Gasteiger partial charge in [-0.1, -0.05) is 36.6 Å². The molecule has 1 fully saturated rings. The van der Waals surface area contributed by atoms with Crippen LogP contribution in [0.1, 0.15) is 25.7 Å². The second-order valence-corrected chi connectivity index (χ2v) is 4.59. The zero-order chi connectivity index (χ0) is 10.7. The number of nitrogens with one attached hydrogen (secondary N) is 1. The lowest BCUT2D eigenvalue weighted by Gasteiger charge is -2.30. The number of rotatable bonds is 2. The smallest absolute Gasteiger partial charge is 0.0637 e. The van der Waals surface area contributed by atoms with Crippen LogP contribution in [0.3, 0.4) is 0 Å². The molecule has 1 aromatic rings. The van der Waals surface area contributed by atoms with Crippen LogP contribution in [0.25, 0.3) is 0 Å². The van der Waals surface area contributed by atoms with Crippen LogP contribution in [0.5, 0.6) is 0 Å². The Morgan fingerprint density at radius 1 is 1.20 bits per heavy atom. The highest BCUT2D eigenvalue weighted by molar-refractivity contribution is 6.33. The summed E-state index contributed by atoms with van der Waals surface area (Å²) in [6.45, 7) is 0. The Kier molecular flexibility index (Phi) is 3.49. The molecular formula is C12H17ClN2. The summed E-state index contributed by atoms with van der Waals surface area (Å²) in [4.78, 5) is 0. The zero-order valence-electron chi connectivity index (χ0n) is 8.75. The number of hydrogen-bond acceptors (Lipinski definition) is 2. The molecule has 1 aliphatic rings. The zero-order valence-corrected chi connectivity index (χ0v) is 9.50. The van der Waals surface area contributed by atoms with E-state index in [1.165, 1.54) is 12.8 Å². The number of para-hydroxylation sites is 1. The molecule has 1 aromatic carbocycles. The minimum absolute atomic E-state index is 0.259. The van der Waals surface area contributed by atoms with E-state index in [-0.39, 0.29) is 6.04 Å². The number of anilines is 1. The first-order valence-electron chi connectivity index (χ1n) is 5.54. The first-order chi connectivity index (χ1) is 7.27. The predicted molar refractivity (Wildman–Crippen MR) is 65.3 cm³/mol. The fraction of sp³-hybridized carbons (Fsp3) is 0.500. The van der Waals surface area contributed by atoms with Gasteiger partial charge in [0.25, 0.3) is 0 Å². The minimum atomic E-state index is 0.259. The monoisotopic (exact) mass is 224 g/mol. The van der Waals surface area contributed by atoms with E-state index < -0.39 is 0 Å². The van der Waals surface area contributed by atoms with Gasteiger partial charge in [-0.25, -0.2) is 0 Å². The molecule has 0 spiro atoms. The molecule has 0 saturated heterocycles. The van der Waals surface area contributed by atoms with Crippen molar-refractivity contribution in [2.24, 2.45) is 5.73 Å². The van der Waals surface area contributed by atoms with Gasteiger partial charge in [-0.05, 0) is 25.0 Å². The summed E-state index contributed by atoms with van der Waals surface area (Å²) in [5, 5.41) is 4.22. The molecular weight excluding hydrogens is 208 g/mol. The Morgan fingerprint density at radius 3 is 2.67 bits per heavy atom. The second kappa shape index (κ2) is 4.86. The van der Waals surface area contributed by atoms with Gasteiger partial charge in [0.2, 0.25) is 0 Å². The molecule has 1 aliphatic carbocycles. The highest BCUT2D eigenvalue weighted by Crippen LogP contribution is 2.25. The summed E-state index contributed by atoms with van der Waals surface area (Å²) in [7, 11) is 0. The summed E-state index contributed by atoms with van der Waals surface area (Å²) in [6.07, 6.45) is 4.77. The van der Waals surface area contributed by atoms with Crippen molar-refractivity contribution in [2.75, 3.05) is 5.32 Å². The van der Waals surface area contributed by atoms with Gasteiger partial charge in [0, 0.05) is 12.1 Å². The molecule has 2 atom stereocenters. The normalized spacial score (nSPS) is 26.3. The van der Waals surface area contributed by atoms with Crippen molar-refractivity contribution < 1.29 is 0 Å². The number of nitrogens with two attached hydrogens (primary N) is 1. The topological polar surface area (TPSA) is 38.0 Å². The van der Waals surface area contributed by atoms with E-state index in [1.807, 2.05) is 24.3 Å². The van der Waals surface area contributed by atoms with Gasteiger partial charge in [0.15, 0.2) is 0 Å². The van der Waals surface area contributed by atoms with Crippen LogP contribution in [-0.2, 0) is 0 Å². The average Bonchev–Trinajstić information content (AvgIpc) is 2.24. The Balaban J connectivity index is 2.04. The third-order valence-electron chi connectivity index (χ3n) is 3.03. The van der Waals surface area contributed by atoms with Crippen molar-refractivity contribution in [1.29, 1.82) is 0 Å². The van der Waals surface area contributed by atoms with E-state index in [0.29, 0.717) is 6.04 Å². The third-order valence-corrected chi connectivity index (χ3v) is 3.36. The first kappa shape index (κ1) is 10.8. The van der Waals surface area contributed by atoms with Crippen LogP contribution in [-0.4, -0.2) is 12.1 Å². The lowest BCUT2D eigenvalue weighted by atomic mass is 9.91.